The smallest absolute Gasteiger partial charge is 0.310 e. The molecule has 0 fully saturated rings. The maximum Gasteiger partial charge on any atom is 0.310 e. The number of hydrogen-bond acceptors (Lipinski definition) is 6. The highest BCUT2D eigenvalue weighted by molar-refractivity contribution is 6.09. The Bertz CT molecular complexity index is 1310. The van der Waals surface area contributed by atoms with Gasteiger partial charge in [-0.15, -0.1) is 0 Å². The third kappa shape index (κ3) is 4.66. The minimum absolute atomic E-state index is 0.0596. The predicted octanol–water partition coefficient (Wildman–Crippen LogP) is 4.60. The van der Waals surface area contributed by atoms with Crippen LogP contribution in [-0.4, -0.2) is 30.3 Å². The fraction of sp³-hybridized carbons (Fsp3) is 0.185. The number of amides is 1. The van der Waals surface area contributed by atoms with Crippen molar-refractivity contribution in [3.63, 3.8) is 0 Å². The average molecular weight is 453 g/mol. The second-order valence-corrected chi connectivity index (χ2v) is 8.09. The van der Waals surface area contributed by atoms with Crippen molar-refractivity contribution in [1.29, 1.82) is 5.26 Å². The van der Waals surface area contributed by atoms with Crippen LogP contribution in [0.1, 0.15) is 29.5 Å². The first-order valence-electron chi connectivity index (χ1n) is 10.7. The van der Waals surface area contributed by atoms with Crippen LogP contribution in [-0.2, 0) is 19.2 Å². The molecule has 0 bridgehead atoms. The lowest BCUT2D eigenvalue weighted by Gasteiger charge is -2.24. The molecule has 1 heterocycles. The van der Waals surface area contributed by atoms with Gasteiger partial charge in [0.1, 0.15) is 0 Å². The second-order valence-electron chi connectivity index (χ2n) is 8.09. The Kier molecular flexibility index (Phi) is 6.42. The minimum Gasteiger partial charge on any atom is -0.469 e. The summed E-state index contributed by atoms with van der Waals surface area (Å²) < 4.78 is 4.80. The van der Waals surface area contributed by atoms with Gasteiger partial charge in [0.2, 0.25) is 5.60 Å². The Morgan fingerprint density at radius 2 is 1.85 bits per heavy atom. The fourth-order valence-electron chi connectivity index (χ4n) is 3.88. The molecule has 1 atom stereocenters. The zero-order chi connectivity index (χ0) is 24.1. The molecule has 0 aliphatic carbocycles. The second kappa shape index (κ2) is 9.59. The molecular weight excluding hydrogens is 430 g/mol. The standard InChI is InChI=1S/C27H23N3O4/c1-18-6-3-4-9-23(18)20-10-12-22(13-11-20)29-26(32)27(16-25(31)33-2)15-24(30-34-27)21-8-5-7-19(14-21)17-28/h3-14H,15-16H2,1-2H3,(H,29,32). The quantitative estimate of drug-likeness (QED) is 0.550. The number of rotatable bonds is 6. The Balaban J connectivity index is 1.55. The highest BCUT2D eigenvalue weighted by Crippen LogP contribution is 2.33. The number of hydrogen-bond donors (Lipinski definition) is 1. The number of methoxy groups -OCH3 is 1. The molecule has 0 saturated heterocycles. The van der Waals surface area contributed by atoms with Crippen molar-refractivity contribution in [3.05, 3.63) is 89.5 Å². The molecule has 0 aromatic heterocycles. The van der Waals surface area contributed by atoms with Crippen LogP contribution in [0.2, 0.25) is 0 Å². The Morgan fingerprint density at radius 3 is 2.56 bits per heavy atom. The maximum absolute atomic E-state index is 13.3. The van der Waals surface area contributed by atoms with Crippen molar-refractivity contribution in [1.82, 2.24) is 0 Å². The topological polar surface area (TPSA) is 101 Å². The fourth-order valence-corrected chi connectivity index (χ4v) is 3.88. The molecule has 1 amide bonds. The van der Waals surface area contributed by atoms with Crippen LogP contribution in [0.3, 0.4) is 0 Å². The van der Waals surface area contributed by atoms with E-state index in [1.807, 2.05) is 43.3 Å². The van der Waals surface area contributed by atoms with Crippen LogP contribution >= 0.6 is 0 Å². The van der Waals surface area contributed by atoms with E-state index < -0.39 is 17.5 Å². The average Bonchev–Trinajstić information content (AvgIpc) is 3.30. The summed E-state index contributed by atoms with van der Waals surface area (Å²) >= 11 is 0. The van der Waals surface area contributed by atoms with Gasteiger partial charge in [0.15, 0.2) is 0 Å². The minimum atomic E-state index is -1.56. The van der Waals surface area contributed by atoms with E-state index in [4.69, 9.17) is 9.57 Å². The van der Waals surface area contributed by atoms with Gasteiger partial charge in [0.05, 0.1) is 30.9 Å². The van der Waals surface area contributed by atoms with E-state index in [2.05, 4.69) is 16.5 Å². The summed E-state index contributed by atoms with van der Waals surface area (Å²) in [6.07, 6.45) is -0.244. The van der Waals surface area contributed by atoms with E-state index in [9.17, 15) is 14.9 Å². The number of esters is 1. The lowest BCUT2D eigenvalue weighted by Crippen LogP contribution is -2.45. The summed E-state index contributed by atoms with van der Waals surface area (Å²) in [5, 5.41) is 16.1. The van der Waals surface area contributed by atoms with Gasteiger partial charge in [-0.3, -0.25) is 9.59 Å². The number of nitrogens with zero attached hydrogens (tertiary/aromatic N) is 2. The molecule has 34 heavy (non-hydrogen) atoms. The van der Waals surface area contributed by atoms with Crippen LogP contribution in [0, 0.1) is 18.3 Å². The summed E-state index contributed by atoms with van der Waals surface area (Å²) in [6, 6.07) is 24.4. The lowest BCUT2D eigenvalue weighted by atomic mass is 9.89. The van der Waals surface area contributed by atoms with Crippen LogP contribution in [0.15, 0.2) is 78.0 Å². The zero-order valence-corrected chi connectivity index (χ0v) is 18.9. The van der Waals surface area contributed by atoms with Gasteiger partial charge in [-0.1, -0.05) is 53.7 Å². The van der Waals surface area contributed by atoms with Crippen LogP contribution in [0.25, 0.3) is 11.1 Å². The molecular formula is C27H23N3O4. The molecule has 7 heteroatoms. The van der Waals surface area contributed by atoms with E-state index >= 15 is 0 Å². The number of carbonyl (C=O) groups is 2. The molecule has 170 valence electrons. The molecule has 3 aromatic rings. The summed E-state index contributed by atoms with van der Waals surface area (Å²) in [5.41, 5.74) is 3.89. The van der Waals surface area contributed by atoms with Gasteiger partial charge in [-0.05, 0) is 47.9 Å². The SMILES string of the molecule is COC(=O)CC1(C(=O)Nc2ccc(-c3ccccc3C)cc2)CC(c2cccc(C#N)c2)=NO1. The molecule has 7 nitrogen and oxygen atoms in total. The largest absolute Gasteiger partial charge is 0.469 e. The molecule has 4 rings (SSSR count). The summed E-state index contributed by atoms with van der Waals surface area (Å²) in [7, 11) is 1.26. The number of nitrogens with one attached hydrogen (secondary N) is 1. The van der Waals surface area contributed by atoms with Crippen molar-refractivity contribution >= 4 is 23.3 Å². The highest BCUT2D eigenvalue weighted by Gasteiger charge is 2.49. The molecule has 1 aliphatic heterocycles. The number of ether oxygens (including phenoxy) is 1. The van der Waals surface area contributed by atoms with Gasteiger partial charge >= 0.3 is 5.97 Å². The van der Waals surface area contributed by atoms with E-state index in [1.165, 1.54) is 7.11 Å². The van der Waals surface area contributed by atoms with Crippen molar-refractivity contribution in [2.45, 2.75) is 25.4 Å². The molecule has 3 aromatic carbocycles. The van der Waals surface area contributed by atoms with Crippen LogP contribution in [0.5, 0.6) is 0 Å². The van der Waals surface area contributed by atoms with Crippen LogP contribution < -0.4 is 5.32 Å². The normalized spacial score (nSPS) is 16.7. The molecule has 0 saturated carbocycles. The Hall–Kier alpha value is -4.44. The van der Waals surface area contributed by atoms with Gasteiger partial charge < -0.3 is 14.9 Å². The van der Waals surface area contributed by atoms with Gasteiger partial charge in [-0.2, -0.15) is 5.26 Å². The predicted molar refractivity (Wildman–Crippen MR) is 128 cm³/mol. The molecule has 1 N–H and O–H groups in total. The molecule has 0 spiro atoms. The number of benzene rings is 3. The molecule has 1 unspecified atom stereocenters. The first kappa shape index (κ1) is 22.7. The summed E-state index contributed by atoms with van der Waals surface area (Å²) in [4.78, 5) is 31.0. The van der Waals surface area contributed by atoms with Crippen molar-refractivity contribution in [2.24, 2.45) is 5.16 Å². The van der Waals surface area contributed by atoms with Gasteiger partial charge in [0, 0.05) is 17.7 Å². The van der Waals surface area contributed by atoms with Crippen molar-refractivity contribution in [2.75, 3.05) is 12.4 Å². The molecule has 1 aliphatic rings. The first-order valence-corrected chi connectivity index (χ1v) is 10.7. The Morgan fingerprint density at radius 1 is 1.09 bits per heavy atom. The number of nitriles is 1. The maximum atomic E-state index is 13.3. The first-order chi connectivity index (χ1) is 16.4. The summed E-state index contributed by atoms with van der Waals surface area (Å²) in [6.45, 7) is 2.04. The highest BCUT2D eigenvalue weighted by atomic mass is 16.7. The van der Waals surface area contributed by atoms with E-state index in [-0.39, 0.29) is 12.8 Å². The van der Waals surface area contributed by atoms with Gasteiger partial charge in [0.25, 0.3) is 5.91 Å². The third-order valence-electron chi connectivity index (χ3n) is 5.78. The third-order valence-corrected chi connectivity index (χ3v) is 5.78. The number of anilines is 1. The van der Waals surface area contributed by atoms with Gasteiger partial charge in [-0.25, -0.2) is 0 Å². The van der Waals surface area contributed by atoms with Crippen molar-refractivity contribution < 1.29 is 19.2 Å². The lowest BCUT2D eigenvalue weighted by molar-refractivity contribution is -0.155. The zero-order valence-electron chi connectivity index (χ0n) is 18.9. The van der Waals surface area contributed by atoms with E-state index in [1.54, 1.807) is 36.4 Å². The molecule has 0 radical (unpaired) electrons. The van der Waals surface area contributed by atoms with E-state index in [0.29, 0.717) is 22.5 Å². The number of aryl methyl sites for hydroxylation is 1. The van der Waals surface area contributed by atoms with Crippen molar-refractivity contribution in [3.8, 4) is 17.2 Å². The number of oxime groups is 1. The van der Waals surface area contributed by atoms with E-state index in [0.717, 1.165) is 16.7 Å². The monoisotopic (exact) mass is 453 g/mol. The Labute approximate surface area is 197 Å². The van der Waals surface area contributed by atoms with Crippen LogP contribution in [0.4, 0.5) is 5.69 Å². The summed E-state index contributed by atoms with van der Waals surface area (Å²) in [5.74, 6) is -1.09. The number of carbonyl (C=O) groups excluding carboxylic acids is 2.